The number of aryl methyl sites for hydroxylation is 1. The summed E-state index contributed by atoms with van der Waals surface area (Å²) in [5, 5.41) is 10.1. The van der Waals surface area contributed by atoms with E-state index in [1.807, 2.05) is 0 Å². The predicted molar refractivity (Wildman–Crippen MR) is 108 cm³/mol. The maximum Gasteiger partial charge on any atom is 0.436 e. The second-order valence-corrected chi connectivity index (χ2v) is 7.68. The van der Waals surface area contributed by atoms with Crippen molar-refractivity contribution in [1.29, 1.82) is 0 Å². The van der Waals surface area contributed by atoms with Gasteiger partial charge in [-0.1, -0.05) is 29.3 Å². The molecular formula is C19H17Cl2F4N5O. The highest BCUT2D eigenvalue weighted by Crippen LogP contribution is 2.35. The van der Waals surface area contributed by atoms with Crippen LogP contribution in [-0.2, 0) is 24.1 Å². The van der Waals surface area contributed by atoms with Crippen LogP contribution in [0.15, 0.2) is 18.2 Å². The molecule has 0 bridgehead atoms. The summed E-state index contributed by atoms with van der Waals surface area (Å²) in [6.45, 7) is 4.51. The Kier molecular flexibility index (Phi) is 6.33. The maximum absolute atomic E-state index is 13.2. The van der Waals surface area contributed by atoms with Crippen LogP contribution >= 0.6 is 23.2 Å². The molecule has 0 unspecified atom stereocenters. The Morgan fingerprint density at radius 2 is 1.77 bits per heavy atom. The minimum Gasteiger partial charge on any atom is -0.321 e. The molecule has 3 rings (SSSR count). The molecule has 0 aliphatic rings. The molecular weight excluding hydrogens is 461 g/mol. The Morgan fingerprint density at radius 1 is 1.10 bits per heavy atom. The van der Waals surface area contributed by atoms with Gasteiger partial charge >= 0.3 is 6.18 Å². The van der Waals surface area contributed by atoms with Gasteiger partial charge in [-0.3, -0.25) is 14.2 Å². The van der Waals surface area contributed by atoms with Crippen molar-refractivity contribution < 1.29 is 22.4 Å². The Morgan fingerprint density at radius 3 is 2.35 bits per heavy atom. The summed E-state index contributed by atoms with van der Waals surface area (Å²) in [7, 11) is 0. The van der Waals surface area contributed by atoms with Gasteiger partial charge in [-0.15, -0.1) is 0 Å². The van der Waals surface area contributed by atoms with Gasteiger partial charge in [0.05, 0.1) is 34.3 Å². The topological polar surface area (TPSA) is 64.7 Å². The van der Waals surface area contributed by atoms with Crippen LogP contribution in [0.4, 0.5) is 23.2 Å². The molecule has 0 spiro atoms. The number of nitrogens with zero attached hydrogens (tertiary/aromatic N) is 4. The number of alkyl halides is 3. The molecule has 2 aromatic heterocycles. The molecule has 12 heteroatoms. The number of carbonyl (C=O) groups excluding carboxylic acids is 1. The minimum atomic E-state index is -4.72. The number of amides is 1. The van der Waals surface area contributed by atoms with Crippen molar-refractivity contribution in [3.63, 3.8) is 0 Å². The van der Waals surface area contributed by atoms with Gasteiger partial charge in [0.25, 0.3) is 0 Å². The number of hydrogen-bond acceptors (Lipinski definition) is 3. The number of benzene rings is 1. The molecule has 3 aromatic rings. The van der Waals surface area contributed by atoms with Crippen LogP contribution in [-0.4, -0.2) is 25.5 Å². The van der Waals surface area contributed by atoms with Crippen molar-refractivity contribution in [2.45, 2.75) is 40.0 Å². The van der Waals surface area contributed by atoms with E-state index in [4.69, 9.17) is 23.2 Å². The monoisotopic (exact) mass is 477 g/mol. The zero-order valence-electron chi connectivity index (χ0n) is 16.6. The van der Waals surface area contributed by atoms with E-state index in [0.717, 1.165) is 4.68 Å². The molecule has 1 amide bonds. The lowest BCUT2D eigenvalue weighted by atomic mass is 10.2. The maximum atomic E-state index is 13.2. The van der Waals surface area contributed by atoms with Crippen molar-refractivity contribution in [2.75, 3.05) is 5.32 Å². The summed E-state index contributed by atoms with van der Waals surface area (Å²) < 4.78 is 54.6. The lowest BCUT2D eigenvalue weighted by molar-refractivity contribution is -0.141. The molecule has 1 N–H and O–H groups in total. The molecule has 0 saturated carbocycles. The standard InChI is InChI=1S/C19H17Cl2F4N5O/c1-9-17(11(3)29(27-9)7-12-4-5-13(22)6-14(12)20)26-15(31)8-30-10(2)16(21)18(28-30)19(23,24)25/h4-6H,7-8H2,1-3H3,(H,26,31). The highest BCUT2D eigenvalue weighted by atomic mass is 35.5. The van der Waals surface area contributed by atoms with E-state index in [1.165, 1.54) is 25.1 Å². The van der Waals surface area contributed by atoms with E-state index in [1.54, 1.807) is 18.5 Å². The van der Waals surface area contributed by atoms with Crippen LogP contribution < -0.4 is 5.32 Å². The minimum absolute atomic E-state index is 0.0271. The number of aromatic nitrogens is 4. The van der Waals surface area contributed by atoms with Crippen molar-refractivity contribution in [3.05, 3.63) is 62.4 Å². The second kappa shape index (κ2) is 8.51. The number of hydrogen-bond donors (Lipinski definition) is 1. The third-order valence-corrected chi connectivity index (χ3v) is 5.48. The Balaban J connectivity index is 1.78. The van der Waals surface area contributed by atoms with Gasteiger partial charge in [0.15, 0.2) is 5.69 Å². The van der Waals surface area contributed by atoms with Crippen LogP contribution in [0.3, 0.4) is 0 Å². The zero-order valence-corrected chi connectivity index (χ0v) is 18.1. The van der Waals surface area contributed by atoms with Crippen LogP contribution in [0.25, 0.3) is 0 Å². The molecule has 6 nitrogen and oxygen atoms in total. The lowest BCUT2D eigenvalue weighted by Crippen LogP contribution is -2.21. The van der Waals surface area contributed by atoms with Crippen LogP contribution in [0.2, 0.25) is 10.0 Å². The number of rotatable bonds is 5. The molecule has 0 atom stereocenters. The fourth-order valence-electron chi connectivity index (χ4n) is 3.02. The molecule has 1 aromatic carbocycles. The summed E-state index contributed by atoms with van der Waals surface area (Å²) in [5.74, 6) is -1.06. The molecule has 166 valence electrons. The molecule has 0 radical (unpaired) electrons. The Hall–Kier alpha value is -2.59. The van der Waals surface area contributed by atoms with Crippen LogP contribution in [0, 0.1) is 26.6 Å². The van der Waals surface area contributed by atoms with E-state index in [0.29, 0.717) is 22.6 Å². The average molecular weight is 478 g/mol. The van der Waals surface area contributed by atoms with E-state index < -0.39 is 35.2 Å². The molecule has 0 fully saturated rings. The summed E-state index contributed by atoms with van der Waals surface area (Å²) in [6, 6.07) is 4.01. The fraction of sp³-hybridized carbons (Fsp3) is 0.316. The number of carbonyl (C=O) groups is 1. The molecule has 0 aliphatic heterocycles. The van der Waals surface area contributed by atoms with Gasteiger partial charge in [0, 0.05) is 5.02 Å². The first-order valence-corrected chi connectivity index (χ1v) is 9.72. The number of halogens is 6. The summed E-state index contributed by atoms with van der Waals surface area (Å²) in [6.07, 6.45) is -4.72. The van der Waals surface area contributed by atoms with Crippen LogP contribution in [0.5, 0.6) is 0 Å². The third kappa shape index (κ3) is 4.85. The fourth-order valence-corrected chi connectivity index (χ4v) is 3.49. The first-order chi connectivity index (χ1) is 14.4. The van der Waals surface area contributed by atoms with Crippen LogP contribution in [0.1, 0.15) is 28.3 Å². The predicted octanol–water partition coefficient (Wildman–Crippen LogP) is 5.16. The van der Waals surface area contributed by atoms with Gasteiger partial charge in [0.2, 0.25) is 5.91 Å². The summed E-state index contributed by atoms with van der Waals surface area (Å²) in [5.41, 5.74) is 0.922. The van der Waals surface area contributed by atoms with Crippen molar-refractivity contribution >= 4 is 34.8 Å². The largest absolute Gasteiger partial charge is 0.436 e. The van der Waals surface area contributed by atoms with Gasteiger partial charge in [-0.25, -0.2) is 4.39 Å². The quantitative estimate of drug-likeness (QED) is 0.516. The normalized spacial score (nSPS) is 11.8. The highest BCUT2D eigenvalue weighted by Gasteiger charge is 2.38. The van der Waals surface area contributed by atoms with E-state index >= 15 is 0 Å². The summed E-state index contributed by atoms with van der Waals surface area (Å²) >= 11 is 11.8. The Bertz CT molecular complexity index is 1150. The SMILES string of the molecule is Cc1nn(Cc2ccc(F)cc2Cl)c(C)c1NC(=O)Cn1nc(C(F)(F)F)c(Cl)c1C. The van der Waals surface area contributed by atoms with Crippen molar-refractivity contribution in [3.8, 4) is 0 Å². The summed E-state index contributed by atoms with van der Waals surface area (Å²) in [4.78, 5) is 12.5. The Labute approximate surface area is 184 Å². The van der Waals surface area contributed by atoms with Gasteiger partial charge < -0.3 is 5.32 Å². The zero-order chi connectivity index (χ0) is 23.1. The molecule has 2 heterocycles. The third-order valence-electron chi connectivity index (χ3n) is 4.68. The average Bonchev–Trinajstić information content (AvgIpc) is 3.09. The number of anilines is 1. The van der Waals surface area contributed by atoms with Crippen molar-refractivity contribution in [1.82, 2.24) is 19.6 Å². The van der Waals surface area contributed by atoms with Crippen molar-refractivity contribution in [2.24, 2.45) is 0 Å². The first-order valence-electron chi connectivity index (χ1n) is 8.96. The number of nitrogens with one attached hydrogen (secondary N) is 1. The first kappa shape index (κ1) is 23.1. The van der Waals surface area contributed by atoms with E-state index in [9.17, 15) is 22.4 Å². The van der Waals surface area contributed by atoms with Gasteiger partial charge in [-0.2, -0.15) is 23.4 Å². The molecule has 31 heavy (non-hydrogen) atoms. The smallest absolute Gasteiger partial charge is 0.321 e. The van der Waals surface area contributed by atoms with E-state index in [-0.39, 0.29) is 17.3 Å². The molecule has 0 saturated heterocycles. The lowest BCUT2D eigenvalue weighted by Gasteiger charge is -2.09. The highest BCUT2D eigenvalue weighted by molar-refractivity contribution is 6.32. The molecule has 0 aliphatic carbocycles. The second-order valence-electron chi connectivity index (χ2n) is 6.89. The van der Waals surface area contributed by atoms with Gasteiger partial charge in [-0.05, 0) is 38.5 Å². The van der Waals surface area contributed by atoms with Gasteiger partial charge in [0.1, 0.15) is 12.4 Å². The van der Waals surface area contributed by atoms with E-state index in [2.05, 4.69) is 15.5 Å².